The fraction of sp³-hybridized carbons (Fsp3) is 0.417. The Labute approximate surface area is 184 Å². The molecule has 1 fully saturated rings. The number of carbonyl (C=O) groups excluding carboxylic acids is 2. The predicted molar refractivity (Wildman–Crippen MR) is 120 cm³/mol. The van der Waals surface area contributed by atoms with E-state index in [9.17, 15) is 18.0 Å². The molecule has 1 heterocycles. The van der Waals surface area contributed by atoms with E-state index in [2.05, 4.69) is 0 Å². The molecule has 0 N–H and O–H groups in total. The number of benzene rings is 2. The van der Waals surface area contributed by atoms with Gasteiger partial charge in [-0.15, -0.1) is 0 Å². The summed E-state index contributed by atoms with van der Waals surface area (Å²) in [5.74, 6) is -0.163. The summed E-state index contributed by atoms with van der Waals surface area (Å²) in [5, 5.41) is 0. The van der Waals surface area contributed by atoms with Gasteiger partial charge in [0.05, 0.1) is 23.3 Å². The molecule has 1 saturated heterocycles. The van der Waals surface area contributed by atoms with Crippen LogP contribution in [0.25, 0.3) is 0 Å². The van der Waals surface area contributed by atoms with Crippen molar-refractivity contribution in [1.29, 1.82) is 0 Å². The molecule has 2 atom stereocenters. The van der Waals surface area contributed by atoms with Crippen LogP contribution < -0.4 is 0 Å². The number of sulfone groups is 1. The molecule has 0 radical (unpaired) electrons. The summed E-state index contributed by atoms with van der Waals surface area (Å²) in [6.45, 7) is 3.05. The van der Waals surface area contributed by atoms with Crippen molar-refractivity contribution in [3.8, 4) is 0 Å². The molecule has 6 nitrogen and oxygen atoms in total. The van der Waals surface area contributed by atoms with Gasteiger partial charge in [0.15, 0.2) is 9.84 Å². The minimum absolute atomic E-state index is 0.0110. The van der Waals surface area contributed by atoms with E-state index < -0.39 is 9.84 Å². The second-order valence-electron chi connectivity index (χ2n) is 8.31. The van der Waals surface area contributed by atoms with Crippen LogP contribution in [0.4, 0.5) is 0 Å². The Morgan fingerprint density at radius 2 is 1.74 bits per heavy atom. The molecule has 1 aliphatic heterocycles. The number of hydrogen-bond acceptors (Lipinski definition) is 4. The SMILES string of the molecule is CC(c1ccc(S(C)(=O)=O)cc1)N(C)C(=O)C1CCCN(C(=O)Cc2ccccc2)C1. The van der Waals surface area contributed by atoms with Crippen molar-refractivity contribution in [2.45, 2.75) is 37.1 Å². The van der Waals surface area contributed by atoms with Crippen molar-refractivity contribution in [2.75, 3.05) is 26.4 Å². The maximum Gasteiger partial charge on any atom is 0.227 e. The van der Waals surface area contributed by atoms with Gasteiger partial charge >= 0.3 is 0 Å². The van der Waals surface area contributed by atoms with E-state index in [0.717, 1.165) is 24.0 Å². The first-order valence-electron chi connectivity index (χ1n) is 10.5. The Morgan fingerprint density at radius 3 is 2.35 bits per heavy atom. The molecule has 3 rings (SSSR count). The quantitative estimate of drug-likeness (QED) is 0.689. The molecule has 0 saturated carbocycles. The monoisotopic (exact) mass is 442 g/mol. The summed E-state index contributed by atoms with van der Waals surface area (Å²) in [4.78, 5) is 29.6. The maximum atomic E-state index is 13.2. The molecule has 2 aromatic rings. The molecule has 0 aromatic heterocycles. The zero-order valence-electron chi connectivity index (χ0n) is 18.3. The predicted octanol–water partition coefficient (Wildman–Crippen LogP) is 3.09. The lowest BCUT2D eigenvalue weighted by atomic mass is 9.95. The van der Waals surface area contributed by atoms with Crippen LogP contribution in [-0.4, -0.2) is 56.4 Å². The van der Waals surface area contributed by atoms with Gasteiger partial charge < -0.3 is 9.80 Å². The van der Waals surface area contributed by atoms with Gasteiger partial charge in [-0.3, -0.25) is 9.59 Å². The van der Waals surface area contributed by atoms with Crippen LogP contribution in [0.2, 0.25) is 0 Å². The van der Waals surface area contributed by atoms with E-state index in [1.165, 1.54) is 6.26 Å². The summed E-state index contributed by atoms with van der Waals surface area (Å²) < 4.78 is 23.3. The third kappa shape index (κ3) is 5.73. The van der Waals surface area contributed by atoms with Crippen LogP contribution in [0.3, 0.4) is 0 Å². The lowest BCUT2D eigenvalue weighted by molar-refractivity contribution is -0.141. The summed E-state index contributed by atoms with van der Waals surface area (Å²) in [7, 11) is -1.49. The molecule has 1 aliphatic rings. The van der Waals surface area contributed by atoms with Crippen molar-refractivity contribution in [3.63, 3.8) is 0 Å². The standard InChI is InChI=1S/C24H30N2O4S/c1-18(20-11-13-22(14-12-20)31(3,29)30)25(2)24(28)21-10-7-15-26(17-21)23(27)16-19-8-5-4-6-9-19/h4-6,8-9,11-14,18,21H,7,10,15-17H2,1-3H3. The fourth-order valence-corrected chi connectivity index (χ4v) is 4.61. The Bertz CT molecular complexity index is 1020. The lowest BCUT2D eigenvalue weighted by Gasteiger charge is -2.36. The first-order valence-corrected chi connectivity index (χ1v) is 12.4. The average Bonchev–Trinajstić information content (AvgIpc) is 2.78. The number of rotatable bonds is 6. The fourth-order valence-electron chi connectivity index (χ4n) is 3.98. The van der Waals surface area contributed by atoms with Gasteiger partial charge in [0, 0.05) is 26.4 Å². The van der Waals surface area contributed by atoms with Crippen LogP contribution in [0.1, 0.15) is 36.9 Å². The van der Waals surface area contributed by atoms with Gasteiger partial charge in [0.1, 0.15) is 0 Å². The summed E-state index contributed by atoms with van der Waals surface area (Å²) in [5.41, 5.74) is 1.85. The average molecular weight is 443 g/mol. The topological polar surface area (TPSA) is 74.8 Å². The molecule has 31 heavy (non-hydrogen) atoms. The Balaban J connectivity index is 1.63. The van der Waals surface area contributed by atoms with Crippen LogP contribution in [-0.2, 0) is 25.8 Å². The van der Waals surface area contributed by atoms with Gasteiger partial charge in [0.25, 0.3) is 0 Å². The van der Waals surface area contributed by atoms with E-state index >= 15 is 0 Å². The third-order valence-corrected chi connectivity index (χ3v) is 7.17. The lowest BCUT2D eigenvalue weighted by Crippen LogP contribution is -2.46. The van der Waals surface area contributed by atoms with E-state index in [-0.39, 0.29) is 28.7 Å². The maximum absolute atomic E-state index is 13.2. The van der Waals surface area contributed by atoms with Crippen molar-refractivity contribution >= 4 is 21.7 Å². The number of piperidine rings is 1. The van der Waals surface area contributed by atoms with Crippen molar-refractivity contribution in [1.82, 2.24) is 9.80 Å². The molecule has 2 unspecified atom stereocenters. The smallest absolute Gasteiger partial charge is 0.227 e. The molecule has 0 aliphatic carbocycles. The number of amides is 2. The minimum atomic E-state index is -3.25. The molecule has 166 valence electrons. The zero-order chi connectivity index (χ0) is 22.6. The van der Waals surface area contributed by atoms with Gasteiger partial charge in [-0.25, -0.2) is 8.42 Å². The Hall–Kier alpha value is -2.67. The summed E-state index contributed by atoms with van der Waals surface area (Å²) >= 11 is 0. The highest BCUT2D eigenvalue weighted by molar-refractivity contribution is 7.90. The van der Waals surface area contributed by atoms with Gasteiger partial charge in [-0.05, 0) is 43.0 Å². The summed E-state index contributed by atoms with van der Waals surface area (Å²) in [6.07, 6.45) is 3.09. The van der Waals surface area contributed by atoms with E-state index in [0.29, 0.717) is 19.5 Å². The first-order chi connectivity index (χ1) is 14.7. The minimum Gasteiger partial charge on any atom is -0.342 e. The highest BCUT2D eigenvalue weighted by Gasteiger charge is 2.31. The second-order valence-corrected chi connectivity index (χ2v) is 10.3. The number of carbonyl (C=O) groups is 2. The van der Waals surface area contributed by atoms with E-state index in [4.69, 9.17) is 0 Å². The molecule has 2 aromatic carbocycles. The van der Waals surface area contributed by atoms with Crippen LogP contribution in [0, 0.1) is 5.92 Å². The molecule has 2 amide bonds. The molecule has 0 spiro atoms. The van der Waals surface area contributed by atoms with Gasteiger partial charge in [0.2, 0.25) is 11.8 Å². The number of likely N-dealkylation sites (tertiary alicyclic amines) is 1. The molecule has 7 heteroatoms. The number of hydrogen-bond donors (Lipinski definition) is 0. The molecular formula is C24H30N2O4S. The second kappa shape index (κ2) is 9.64. The van der Waals surface area contributed by atoms with Crippen molar-refractivity contribution in [3.05, 3.63) is 65.7 Å². The zero-order valence-corrected chi connectivity index (χ0v) is 19.1. The Morgan fingerprint density at radius 1 is 1.10 bits per heavy atom. The van der Waals surface area contributed by atoms with Crippen molar-refractivity contribution < 1.29 is 18.0 Å². The highest BCUT2D eigenvalue weighted by Crippen LogP contribution is 2.26. The Kier molecular flexibility index (Phi) is 7.15. The molecule has 0 bridgehead atoms. The summed E-state index contributed by atoms with van der Waals surface area (Å²) in [6, 6.07) is 16.1. The van der Waals surface area contributed by atoms with Crippen LogP contribution in [0.5, 0.6) is 0 Å². The molecular weight excluding hydrogens is 412 g/mol. The van der Waals surface area contributed by atoms with Crippen LogP contribution in [0.15, 0.2) is 59.5 Å². The first kappa shape index (κ1) is 23.0. The van der Waals surface area contributed by atoms with E-state index in [1.807, 2.05) is 37.3 Å². The third-order valence-electron chi connectivity index (χ3n) is 6.04. The van der Waals surface area contributed by atoms with Gasteiger partial charge in [-0.1, -0.05) is 42.5 Å². The normalized spacial score (nSPS) is 17.8. The largest absolute Gasteiger partial charge is 0.342 e. The van der Waals surface area contributed by atoms with Gasteiger partial charge in [-0.2, -0.15) is 0 Å². The van der Waals surface area contributed by atoms with Crippen LogP contribution >= 0.6 is 0 Å². The highest BCUT2D eigenvalue weighted by atomic mass is 32.2. The van der Waals surface area contributed by atoms with E-state index in [1.54, 1.807) is 41.1 Å². The number of nitrogens with zero attached hydrogens (tertiary/aromatic N) is 2. The van der Waals surface area contributed by atoms with Crippen molar-refractivity contribution in [2.24, 2.45) is 5.92 Å².